The quantitative estimate of drug-likeness (QED) is 0.268. The third-order valence-corrected chi connectivity index (χ3v) is 7.09. The molecule has 0 spiro atoms. The largest absolute Gasteiger partial charge is 0.379 e. The molecule has 2 aromatic rings. The highest BCUT2D eigenvalue weighted by molar-refractivity contribution is 6.17. The number of fused-ring (bicyclic) bond motifs is 1. The number of nitrogens with one attached hydrogen (secondary N) is 2. The number of ether oxygens (including phenoxy) is 2. The van der Waals surface area contributed by atoms with E-state index in [1.54, 1.807) is 12.3 Å². The molecule has 2 N–H and O–H groups in total. The SMILES string of the molecule is O=C(NCCOCCOCCCCCCCl)c1cn(C2CC2)c2cc(N3CCNCC3)c(F)cc2c1=O. The number of hydrogen-bond acceptors (Lipinski definition) is 6. The fourth-order valence-corrected chi connectivity index (χ4v) is 4.82. The maximum atomic E-state index is 15.1. The van der Waals surface area contributed by atoms with E-state index in [2.05, 4.69) is 10.6 Å². The first kappa shape index (κ1) is 27.8. The molecule has 37 heavy (non-hydrogen) atoms. The van der Waals surface area contributed by atoms with E-state index < -0.39 is 17.2 Å². The zero-order valence-electron chi connectivity index (χ0n) is 21.4. The van der Waals surface area contributed by atoms with Gasteiger partial charge in [-0.2, -0.15) is 0 Å². The number of amides is 1. The van der Waals surface area contributed by atoms with E-state index in [1.807, 2.05) is 9.47 Å². The van der Waals surface area contributed by atoms with E-state index in [0.717, 1.165) is 51.6 Å². The van der Waals surface area contributed by atoms with Gasteiger partial charge in [0.15, 0.2) is 0 Å². The predicted molar refractivity (Wildman–Crippen MR) is 145 cm³/mol. The van der Waals surface area contributed by atoms with Crippen molar-refractivity contribution < 1.29 is 18.7 Å². The Morgan fingerprint density at radius 2 is 1.78 bits per heavy atom. The van der Waals surface area contributed by atoms with Gasteiger partial charge >= 0.3 is 0 Å². The van der Waals surface area contributed by atoms with Crippen LogP contribution < -0.4 is 21.0 Å². The zero-order valence-corrected chi connectivity index (χ0v) is 22.2. The van der Waals surface area contributed by atoms with Crippen LogP contribution in [-0.2, 0) is 9.47 Å². The van der Waals surface area contributed by atoms with Crippen molar-refractivity contribution in [1.29, 1.82) is 0 Å². The molecule has 1 aliphatic carbocycles. The Morgan fingerprint density at radius 1 is 1.05 bits per heavy atom. The summed E-state index contributed by atoms with van der Waals surface area (Å²) in [6.45, 7) is 5.23. The number of halogens is 2. The van der Waals surface area contributed by atoms with Gasteiger partial charge in [0.05, 0.1) is 31.0 Å². The fourth-order valence-electron chi connectivity index (χ4n) is 4.63. The van der Waals surface area contributed by atoms with Crippen LogP contribution in [0.15, 0.2) is 23.1 Å². The minimum absolute atomic E-state index is 0.0335. The topological polar surface area (TPSA) is 84.8 Å². The van der Waals surface area contributed by atoms with Gasteiger partial charge in [0.25, 0.3) is 5.91 Å². The number of piperazine rings is 1. The Hall–Kier alpha value is -2.20. The van der Waals surface area contributed by atoms with Gasteiger partial charge in [0.1, 0.15) is 11.4 Å². The lowest BCUT2D eigenvalue weighted by Gasteiger charge is -2.30. The summed E-state index contributed by atoms with van der Waals surface area (Å²) in [7, 11) is 0. The molecule has 4 rings (SSSR count). The number of nitrogens with zero attached hydrogens (tertiary/aromatic N) is 2. The lowest BCUT2D eigenvalue weighted by atomic mass is 10.1. The lowest BCUT2D eigenvalue weighted by Crippen LogP contribution is -2.44. The van der Waals surface area contributed by atoms with E-state index in [0.29, 0.717) is 56.6 Å². The van der Waals surface area contributed by atoms with Crippen LogP contribution in [-0.4, -0.2) is 75.5 Å². The van der Waals surface area contributed by atoms with Crippen LogP contribution in [0.25, 0.3) is 10.9 Å². The molecule has 0 atom stereocenters. The van der Waals surface area contributed by atoms with Crippen LogP contribution in [0, 0.1) is 5.82 Å². The van der Waals surface area contributed by atoms with Crippen molar-refractivity contribution >= 4 is 34.1 Å². The average Bonchev–Trinajstić information content (AvgIpc) is 3.75. The van der Waals surface area contributed by atoms with Crippen molar-refractivity contribution in [1.82, 2.24) is 15.2 Å². The molecule has 1 saturated heterocycles. The summed E-state index contributed by atoms with van der Waals surface area (Å²) >= 11 is 5.66. The highest BCUT2D eigenvalue weighted by Gasteiger charge is 2.28. The van der Waals surface area contributed by atoms with Gasteiger partial charge < -0.3 is 29.6 Å². The molecule has 0 unspecified atom stereocenters. The molecule has 2 fully saturated rings. The Morgan fingerprint density at radius 3 is 2.51 bits per heavy atom. The van der Waals surface area contributed by atoms with E-state index in [9.17, 15) is 9.59 Å². The number of carbonyl (C=O) groups excluding carboxylic acids is 1. The van der Waals surface area contributed by atoms with Crippen molar-refractivity contribution in [3.63, 3.8) is 0 Å². The number of anilines is 1. The van der Waals surface area contributed by atoms with Gasteiger partial charge in [-0.05, 0) is 37.8 Å². The maximum absolute atomic E-state index is 15.1. The van der Waals surface area contributed by atoms with Crippen LogP contribution in [0.5, 0.6) is 0 Å². The first-order chi connectivity index (χ1) is 18.1. The number of aromatic nitrogens is 1. The molecular weight excluding hydrogens is 499 g/mol. The predicted octanol–water partition coefficient (Wildman–Crippen LogP) is 3.45. The number of unbranched alkanes of at least 4 members (excludes halogenated alkanes) is 3. The molecule has 1 saturated carbocycles. The van der Waals surface area contributed by atoms with Gasteiger partial charge in [-0.3, -0.25) is 9.59 Å². The normalized spacial score (nSPS) is 15.9. The summed E-state index contributed by atoms with van der Waals surface area (Å²) in [4.78, 5) is 28.1. The van der Waals surface area contributed by atoms with Gasteiger partial charge in [0.2, 0.25) is 5.43 Å². The van der Waals surface area contributed by atoms with Crippen molar-refractivity contribution in [2.24, 2.45) is 0 Å². The van der Waals surface area contributed by atoms with Crippen LogP contribution in [0.4, 0.5) is 10.1 Å². The molecule has 1 aliphatic heterocycles. The summed E-state index contributed by atoms with van der Waals surface area (Å²) in [5.74, 6) is -0.193. The first-order valence-electron chi connectivity index (χ1n) is 13.4. The molecule has 2 aliphatic rings. The van der Waals surface area contributed by atoms with Gasteiger partial charge in [0, 0.05) is 62.8 Å². The summed E-state index contributed by atoms with van der Waals surface area (Å²) in [6.07, 6.45) is 7.88. The van der Waals surface area contributed by atoms with E-state index >= 15 is 4.39 Å². The molecule has 2 heterocycles. The molecule has 0 radical (unpaired) electrons. The minimum atomic E-state index is -0.468. The molecular formula is C27H38ClFN4O4. The van der Waals surface area contributed by atoms with Gasteiger partial charge in [-0.25, -0.2) is 4.39 Å². The number of rotatable bonds is 15. The maximum Gasteiger partial charge on any atom is 0.256 e. The van der Waals surface area contributed by atoms with Crippen molar-refractivity contribution in [3.8, 4) is 0 Å². The number of hydrogen-bond donors (Lipinski definition) is 2. The Labute approximate surface area is 222 Å². The van der Waals surface area contributed by atoms with Crippen molar-refractivity contribution in [2.45, 2.75) is 44.6 Å². The fraction of sp³-hybridized carbons (Fsp3) is 0.630. The molecule has 1 aromatic carbocycles. The highest BCUT2D eigenvalue weighted by Crippen LogP contribution is 2.38. The van der Waals surface area contributed by atoms with Crippen LogP contribution >= 0.6 is 11.6 Å². The summed E-state index contributed by atoms with van der Waals surface area (Å²) in [5, 5.41) is 6.28. The Bertz CT molecular complexity index is 1100. The van der Waals surface area contributed by atoms with Gasteiger partial charge in [-0.1, -0.05) is 12.8 Å². The van der Waals surface area contributed by atoms with E-state index in [4.69, 9.17) is 21.1 Å². The summed E-state index contributed by atoms with van der Waals surface area (Å²) < 4.78 is 28.1. The first-order valence-corrected chi connectivity index (χ1v) is 14.0. The number of alkyl halides is 1. The highest BCUT2D eigenvalue weighted by atomic mass is 35.5. The average molecular weight is 537 g/mol. The molecule has 1 aromatic heterocycles. The number of pyridine rings is 1. The molecule has 10 heteroatoms. The van der Waals surface area contributed by atoms with E-state index in [-0.39, 0.29) is 23.5 Å². The standard InChI is InChI=1S/C27H38ClFN4O4/c28-7-3-1-2-4-13-36-15-16-37-14-10-31-27(35)22-19-33(20-5-6-20)24-18-25(32-11-8-30-9-12-32)23(29)17-21(24)26(22)34/h17-20,30H,1-16H2,(H,31,35). The number of benzene rings is 1. The summed E-state index contributed by atoms with van der Waals surface area (Å²) in [5.41, 5.74) is 0.774. The number of carbonyl (C=O) groups is 1. The smallest absolute Gasteiger partial charge is 0.256 e. The second kappa shape index (κ2) is 14.1. The van der Waals surface area contributed by atoms with Crippen LogP contribution in [0.2, 0.25) is 0 Å². The summed E-state index contributed by atoms with van der Waals surface area (Å²) in [6, 6.07) is 3.29. The molecule has 1 amide bonds. The van der Waals surface area contributed by atoms with Crippen molar-refractivity contribution in [3.05, 3.63) is 39.9 Å². The third-order valence-electron chi connectivity index (χ3n) is 6.82. The molecule has 0 bridgehead atoms. The minimum Gasteiger partial charge on any atom is -0.379 e. The second-order valence-electron chi connectivity index (χ2n) is 9.65. The molecule has 204 valence electrons. The van der Waals surface area contributed by atoms with Crippen molar-refractivity contribution in [2.75, 3.05) is 69.9 Å². The monoisotopic (exact) mass is 536 g/mol. The Kier molecular flexibility index (Phi) is 10.6. The van der Waals surface area contributed by atoms with Crippen LogP contribution in [0.3, 0.4) is 0 Å². The Balaban J connectivity index is 1.32. The molecule has 8 nitrogen and oxygen atoms in total. The third kappa shape index (κ3) is 7.66. The zero-order chi connectivity index (χ0) is 26.0. The van der Waals surface area contributed by atoms with Crippen LogP contribution in [0.1, 0.15) is 54.9 Å². The van der Waals surface area contributed by atoms with Gasteiger partial charge in [-0.15, -0.1) is 11.6 Å². The lowest BCUT2D eigenvalue weighted by molar-refractivity contribution is 0.0468. The van der Waals surface area contributed by atoms with E-state index in [1.165, 1.54) is 6.07 Å². The second-order valence-corrected chi connectivity index (χ2v) is 10.0.